The summed E-state index contributed by atoms with van der Waals surface area (Å²) < 4.78 is 1.07. The molecule has 19 heavy (non-hydrogen) atoms. The van der Waals surface area contributed by atoms with E-state index in [0.29, 0.717) is 5.82 Å². The predicted octanol–water partition coefficient (Wildman–Crippen LogP) is 3.56. The number of nitrogens with one attached hydrogen (secondary N) is 1. The maximum Gasteiger partial charge on any atom is 0.132 e. The monoisotopic (exact) mass is 320 g/mol. The zero-order valence-corrected chi connectivity index (χ0v) is 12.6. The summed E-state index contributed by atoms with van der Waals surface area (Å²) in [4.78, 5) is 8.59. The van der Waals surface area contributed by atoms with Gasteiger partial charge in [-0.05, 0) is 24.6 Å². The van der Waals surface area contributed by atoms with Gasteiger partial charge in [0.2, 0.25) is 0 Å². The molecular weight excluding hydrogens is 304 g/mol. The molecular formula is C14H17BrN4. The van der Waals surface area contributed by atoms with Crippen molar-refractivity contribution in [2.45, 2.75) is 26.3 Å². The highest BCUT2D eigenvalue weighted by Crippen LogP contribution is 2.21. The quantitative estimate of drug-likeness (QED) is 0.904. The normalized spacial score (nSPS) is 12.2. The van der Waals surface area contributed by atoms with Crippen molar-refractivity contribution in [3.8, 4) is 0 Å². The van der Waals surface area contributed by atoms with E-state index in [4.69, 9.17) is 5.73 Å². The number of hydrogen-bond acceptors (Lipinski definition) is 4. The van der Waals surface area contributed by atoms with Gasteiger partial charge in [0, 0.05) is 23.0 Å². The number of rotatable bonds is 4. The van der Waals surface area contributed by atoms with E-state index in [9.17, 15) is 0 Å². The van der Waals surface area contributed by atoms with E-state index >= 15 is 0 Å². The lowest BCUT2D eigenvalue weighted by atomic mass is 10.1. The third kappa shape index (κ3) is 3.67. The molecule has 1 unspecified atom stereocenters. The maximum atomic E-state index is 5.77. The summed E-state index contributed by atoms with van der Waals surface area (Å²) in [6.07, 6.45) is 0.770. The Labute approximate surface area is 121 Å². The molecule has 0 radical (unpaired) electrons. The minimum atomic E-state index is 0.159. The van der Waals surface area contributed by atoms with Crippen LogP contribution in [0, 0.1) is 0 Å². The van der Waals surface area contributed by atoms with Gasteiger partial charge in [-0.2, -0.15) is 0 Å². The Bertz CT molecular complexity index is 554. The average molecular weight is 321 g/mol. The molecule has 1 heterocycles. The minimum Gasteiger partial charge on any atom is -0.384 e. The summed E-state index contributed by atoms with van der Waals surface area (Å²) in [6, 6.07) is 10.1. The van der Waals surface area contributed by atoms with Crippen LogP contribution in [0.25, 0.3) is 0 Å². The maximum absolute atomic E-state index is 5.77. The fraction of sp³-hybridized carbons (Fsp3) is 0.286. The summed E-state index contributed by atoms with van der Waals surface area (Å²) in [7, 11) is 0. The summed E-state index contributed by atoms with van der Waals surface area (Å²) in [5.74, 6) is 2.02. The highest BCUT2D eigenvalue weighted by atomic mass is 79.9. The number of halogens is 1. The van der Waals surface area contributed by atoms with Gasteiger partial charge in [-0.25, -0.2) is 9.97 Å². The van der Waals surface area contributed by atoms with Gasteiger partial charge in [0.15, 0.2) is 0 Å². The SMILES string of the molecule is CCc1nc(N)cc(NC(C)c2ccc(Br)cc2)n1. The van der Waals surface area contributed by atoms with Crippen LogP contribution in [0.2, 0.25) is 0 Å². The van der Waals surface area contributed by atoms with Crippen molar-refractivity contribution in [1.82, 2.24) is 9.97 Å². The van der Waals surface area contributed by atoms with Gasteiger partial charge in [0.05, 0.1) is 0 Å². The Hall–Kier alpha value is -1.62. The Morgan fingerprint density at radius 1 is 1.26 bits per heavy atom. The molecule has 5 heteroatoms. The van der Waals surface area contributed by atoms with Crippen molar-refractivity contribution < 1.29 is 0 Å². The van der Waals surface area contributed by atoms with E-state index in [0.717, 1.165) is 22.5 Å². The molecule has 4 nitrogen and oxygen atoms in total. The van der Waals surface area contributed by atoms with Crippen molar-refractivity contribution in [3.63, 3.8) is 0 Å². The highest BCUT2D eigenvalue weighted by Gasteiger charge is 2.07. The molecule has 0 aliphatic rings. The van der Waals surface area contributed by atoms with Gasteiger partial charge >= 0.3 is 0 Å². The molecule has 1 aromatic heterocycles. The molecule has 2 rings (SSSR count). The topological polar surface area (TPSA) is 63.8 Å². The number of aromatic nitrogens is 2. The molecule has 0 saturated heterocycles. The first kappa shape index (κ1) is 13.8. The average Bonchev–Trinajstić information content (AvgIpc) is 2.38. The smallest absolute Gasteiger partial charge is 0.132 e. The summed E-state index contributed by atoms with van der Waals surface area (Å²) >= 11 is 3.43. The molecule has 0 amide bonds. The highest BCUT2D eigenvalue weighted by molar-refractivity contribution is 9.10. The zero-order valence-electron chi connectivity index (χ0n) is 11.0. The van der Waals surface area contributed by atoms with Crippen LogP contribution in [0.1, 0.15) is 31.3 Å². The molecule has 1 aromatic carbocycles. The standard InChI is InChI=1S/C14H17BrN4/c1-3-13-18-12(16)8-14(19-13)17-9(2)10-4-6-11(15)7-5-10/h4-9H,3H2,1-2H3,(H3,16,17,18,19). The third-order valence-corrected chi connectivity index (χ3v) is 3.37. The zero-order chi connectivity index (χ0) is 13.8. The number of anilines is 2. The van der Waals surface area contributed by atoms with Crippen LogP contribution in [0.4, 0.5) is 11.6 Å². The first-order valence-corrected chi connectivity index (χ1v) is 7.03. The second-order valence-electron chi connectivity index (χ2n) is 4.37. The van der Waals surface area contributed by atoms with E-state index in [1.807, 2.05) is 19.1 Å². The molecule has 0 saturated carbocycles. The van der Waals surface area contributed by atoms with Gasteiger partial charge in [0.1, 0.15) is 17.5 Å². The molecule has 1 atom stereocenters. The van der Waals surface area contributed by atoms with Gasteiger partial charge in [-0.15, -0.1) is 0 Å². The van der Waals surface area contributed by atoms with Crippen LogP contribution in [-0.4, -0.2) is 9.97 Å². The number of hydrogen-bond donors (Lipinski definition) is 2. The lowest BCUT2D eigenvalue weighted by Gasteiger charge is -2.15. The molecule has 100 valence electrons. The first-order valence-electron chi connectivity index (χ1n) is 6.24. The van der Waals surface area contributed by atoms with Crippen LogP contribution >= 0.6 is 15.9 Å². The van der Waals surface area contributed by atoms with Gasteiger partial charge < -0.3 is 11.1 Å². The predicted molar refractivity (Wildman–Crippen MR) is 82.0 cm³/mol. The van der Waals surface area contributed by atoms with Crippen molar-refractivity contribution in [2.75, 3.05) is 11.1 Å². The first-order chi connectivity index (χ1) is 9.08. The Balaban J connectivity index is 2.16. The number of nitrogen functional groups attached to an aromatic ring is 1. The Morgan fingerprint density at radius 2 is 1.95 bits per heavy atom. The lowest BCUT2D eigenvalue weighted by Crippen LogP contribution is -2.10. The van der Waals surface area contributed by atoms with Crippen LogP contribution in [0.15, 0.2) is 34.8 Å². The second-order valence-corrected chi connectivity index (χ2v) is 5.28. The van der Waals surface area contributed by atoms with E-state index in [1.165, 1.54) is 5.56 Å². The summed E-state index contributed by atoms with van der Waals surface area (Å²) in [5.41, 5.74) is 6.96. The van der Waals surface area contributed by atoms with Crippen LogP contribution < -0.4 is 11.1 Å². The Kier molecular flexibility index (Phi) is 4.37. The number of nitrogens with two attached hydrogens (primary N) is 1. The van der Waals surface area contributed by atoms with Gasteiger partial charge in [-0.1, -0.05) is 35.0 Å². The molecule has 0 bridgehead atoms. The Morgan fingerprint density at radius 3 is 2.58 bits per heavy atom. The molecule has 0 aliphatic carbocycles. The van der Waals surface area contributed by atoms with Gasteiger partial charge in [-0.3, -0.25) is 0 Å². The van der Waals surface area contributed by atoms with Crippen molar-refractivity contribution in [2.24, 2.45) is 0 Å². The van der Waals surface area contributed by atoms with Crippen LogP contribution in [0.5, 0.6) is 0 Å². The van der Waals surface area contributed by atoms with Crippen LogP contribution in [0.3, 0.4) is 0 Å². The second kappa shape index (κ2) is 6.02. The molecule has 0 spiro atoms. The van der Waals surface area contributed by atoms with Crippen molar-refractivity contribution in [1.29, 1.82) is 0 Å². The lowest BCUT2D eigenvalue weighted by molar-refractivity contribution is 0.858. The van der Waals surface area contributed by atoms with Crippen molar-refractivity contribution in [3.05, 3.63) is 46.2 Å². The minimum absolute atomic E-state index is 0.159. The van der Waals surface area contributed by atoms with E-state index < -0.39 is 0 Å². The number of nitrogens with zero attached hydrogens (tertiary/aromatic N) is 2. The van der Waals surface area contributed by atoms with Crippen LogP contribution in [-0.2, 0) is 6.42 Å². The molecule has 0 aliphatic heterocycles. The number of aryl methyl sites for hydroxylation is 1. The largest absolute Gasteiger partial charge is 0.384 e. The third-order valence-electron chi connectivity index (χ3n) is 2.84. The van der Waals surface area contributed by atoms with E-state index in [2.05, 4.69) is 50.3 Å². The fourth-order valence-corrected chi connectivity index (χ4v) is 2.07. The molecule has 2 aromatic rings. The van der Waals surface area contributed by atoms with Gasteiger partial charge in [0.25, 0.3) is 0 Å². The summed E-state index contributed by atoms with van der Waals surface area (Å²) in [5, 5.41) is 3.35. The molecule has 3 N–H and O–H groups in total. The number of benzene rings is 1. The summed E-state index contributed by atoms with van der Waals surface area (Å²) in [6.45, 7) is 4.10. The van der Waals surface area contributed by atoms with Crippen molar-refractivity contribution >= 4 is 27.6 Å². The molecule has 0 fully saturated rings. The van der Waals surface area contributed by atoms with E-state index in [1.54, 1.807) is 6.07 Å². The fourth-order valence-electron chi connectivity index (χ4n) is 1.81. The van der Waals surface area contributed by atoms with E-state index in [-0.39, 0.29) is 6.04 Å².